The van der Waals surface area contributed by atoms with E-state index in [1.54, 1.807) is 7.11 Å². The number of benzene rings is 2. The summed E-state index contributed by atoms with van der Waals surface area (Å²) >= 11 is 0. The van der Waals surface area contributed by atoms with Gasteiger partial charge in [-0.1, -0.05) is 69.2 Å². The van der Waals surface area contributed by atoms with Gasteiger partial charge in [0.05, 0.1) is 13.7 Å². The number of hydrogen-bond donors (Lipinski definition) is 0. The molecular weight excluding hydrogens is 396 g/mol. The third-order valence-electron chi connectivity index (χ3n) is 6.04. The van der Waals surface area contributed by atoms with Crippen molar-refractivity contribution in [3.05, 3.63) is 89.7 Å². The number of carbonyl (C=O) groups excluding carboxylic acids is 1. The highest BCUT2D eigenvalue weighted by atomic mass is 16.5. The van der Waals surface area contributed by atoms with Crippen molar-refractivity contribution in [2.24, 2.45) is 5.92 Å². The van der Waals surface area contributed by atoms with Crippen LogP contribution < -0.4 is 4.74 Å². The smallest absolute Gasteiger partial charge is 0.226 e. The molecule has 0 bridgehead atoms. The Kier molecular flexibility index (Phi) is 8.97. The molecule has 170 valence electrons. The van der Waals surface area contributed by atoms with E-state index >= 15 is 0 Å². The first kappa shape index (κ1) is 23.6. The number of nitrogens with zero attached hydrogens (tertiary/aromatic N) is 2. The molecule has 1 heterocycles. The Morgan fingerprint density at radius 2 is 1.75 bits per heavy atom. The maximum absolute atomic E-state index is 13.6. The third kappa shape index (κ3) is 6.49. The van der Waals surface area contributed by atoms with E-state index in [9.17, 15) is 4.79 Å². The van der Waals surface area contributed by atoms with E-state index in [0.717, 1.165) is 49.2 Å². The van der Waals surface area contributed by atoms with Crippen molar-refractivity contribution < 1.29 is 9.53 Å². The molecule has 32 heavy (non-hydrogen) atoms. The fourth-order valence-corrected chi connectivity index (χ4v) is 4.14. The van der Waals surface area contributed by atoms with E-state index in [1.807, 2.05) is 35.2 Å². The number of methoxy groups -OCH3 is 1. The zero-order valence-electron chi connectivity index (χ0n) is 19.7. The van der Waals surface area contributed by atoms with E-state index in [0.29, 0.717) is 13.1 Å². The first-order valence-corrected chi connectivity index (χ1v) is 11.7. The molecule has 4 heteroatoms. The van der Waals surface area contributed by atoms with E-state index in [4.69, 9.17) is 4.74 Å². The lowest BCUT2D eigenvalue weighted by atomic mass is 9.97. The molecule has 1 atom stereocenters. The molecule has 0 aliphatic carbocycles. The summed E-state index contributed by atoms with van der Waals surface area (Å²) in [5.74, 6) is 1.21. The highest BCUT2D eigenvalue weighted by Gasteiger charge is 2.23. The molecule has 3 aromatic rings. The van der Waals surface area contributed by atoms with Crippen LogP contribution in [0.4, 0.5) is 0 Å². The van der Waals surface area contributed by atoms with E-state index in [1.165, 1.54) is 5.56 Å². The summed E-state index contributed by atoms with van der Waals surface area (Å²) in [5, 5.41) is 0. The van der Waals surface area contributed by atoms with Crippen molar-refractivity contribution in [1.29, 1.82) is 0 Å². The van der Waals surface area contributed by atoms with Gasteiger partial charge in [0.15, 0.2) is 0 Å². The maximum atomic E-state index is 13.6. The number of amides is 1. The van der Waals surface area contributed by atoms with Crippen molar-refractivity contribution in [3.63, 3.8) is 0 Å². The second kappa shape index (κ2) is 12.1. The van der Waals surface area contributed by atoms with Gasteiger partial charge in [0.1, 0.15) is 5.75 Å². The van der Waals surface area contributed by atoms with Gasteiger partial charge in [0, 0.05) is 30.9 Å². The molecule has 0 saturated carbocycles. The molecule has 3 rings (SSSR count). The molecule has 2 aromatic carbocycles. The molecule has 0 aliphatic rings. The molecule has 0 radical (unpaired) electrons. The highest BCUT2D eigenvalue weighted by Crippen LogP contribution is 2.21. The molecule has 1 amide bonds. The second-order valence-corrected chi connectivity index (χ2v) is 8.41. The Labute approximate surface area is 192 Å². The van der Waals surface area contributed by atoms with Gasteiger partial charge >= 0.3 is 0 Å². The summed E-state index contributed by atoms with van der Waals surface area (Å²) in [5.41, 5.74) is 3.48. The number of unbranched alkanes of at least 4 members (excludes halogenated alkanes) is 1. The van der Waals surface area contributed by atoms with Crippen molar-refractivity contribution in [2.45, 2.75) is 59.2 Å². The van der Waals surface area contributed by atoms with Gasteiger partial charge in [0.25, 0.3) is 0 Å². The summed E-state index contributed by atoms with van der Waals surface area (Å²) in [6.45, 7) is 6.30. The van der Waals surface area contributed by atoms with Crippen LogP contribution in [0.5, 0.6) is 5.75 Å². The first-order valence-electron chi connectivity index (χ1n) is 11.7. The Hall–Kier alpha value is -3.01. The van der Waals surface area contributed by atoms with E-state index in [2.05, 4.69) is 61.0 Å². The Balaban J connectivity index is 1.81. The molecule has 4 nitrogen and oxygen atoms in total. The molecule has 0 aliphatic heterocycles. The predicted octanol–water partition coefficient (Wildman–Crippen LogP) is 6.29. The van der Waals surface area contributed by atoms with Crippen LogP contribution >= 0.6 is 0 Å². The lowest BCUT2D eigenvalue weighted by Crippen LogP contribution is -2.35. The summed E-state index contributed by atoms with van der Waals surface area (Å²) in [4.78, 5) is 15.6. The van der Waals surface area contributed by atoms with Crippen LogP contribution in [0.2, 0.25) is 0 Å². The van der Waals surface area contributed by atoms with Gasteiger partial charge < -0.3 is 14.2 Å². The fourth-order valence-electron chi connectivity index (χ4n) is 4.14. The molecule has 0 N–H and O–H groups in total. The predicted molar refractivity (Wildman–Crippen MR) is 131 cm³/mol. The average molecular weight is 433 g/mol. The van der Waals surface area contributed by atoms with E-state index in [-0.39, 0.29) is 11.8 Å². The Bertz CT molecular complexity index is 964. The molecule has 0 fully saturated rings. The largest absolute Gasteiger partial charge is 0.497 e. The molecular formula is C28H36N2O2. The zero-order valence-corrected chi connectivity index (χ0v) is 19.7. The van der Waals surface area contributed by atoms with Gasteiger partial charge in [-0.25, -0.2) is 0 Å². The second-order valence-electron chi connectivity index (χ2n) is 8.41. The minimum Gasteiger partial charge on any atom is -0.497 e. The number of ether oxygens (including phenoxy) is 1. The molecule has 0 spiro atoms. The van der Waals surface area contributed by atoms with Gasteiger partial charge in [-0.2, -0.15) is 0 Å². The number of carbonyl (C=O) groups is 1. The average Bonchev–Trinajstić information content (AvgIpc) is 3.26. The van der Waals surface area contributed by atoms with Crippen LogP contribution in [-0.2, 0) is 24.4 Å². The number of hydrogen-bond acceptors (Lipinski definition) is 2. The van der Waals surface area contributed by atoms with Gasteiger partial charge in [-0.05, 0) is 48.2 Å². The van der Waals surface area contributed by atoms with Gasteiger partial charge in [-0.15, -0.1) is 0 Å². The SMILES string of the molecule is CCCC[C@H](CC)C(=O)N(Cc1ccccc1)Cc1cccn1Cc1cccc(OC)c1. The summed E-state index contributed by atoms with van der Waals surface area (Å²) < 4.78 is 7.60. The fraction of sp³-hybridized carbons (Fsp3) is 0.393. The van der Waals surface area contributed by atoms with Crippen molar-refractivity contribution in [3.8, 4) is 5.75 Å². The third-order valence-corrected chi connectivity index (χ3v) is 6.04. The molecule has 1 aromatic heterocycles. The van der Waals surface area contributed by atoms with Crippen LogP contribution in [0.3, 0.4) is 0 Å². The quantitative estimate of drug-likeness (QED) is 0.337. The topological polar surface area (TPSA) is 34.5 Å². The van der Waals surface area contributed by atoms with Crippen molar-refractivity contribution in [1.82, 2.24) is 9.47 Å². The highest BCUT2D eigenvalue weighted by molar-refractivity contribution is 5.78. The lowest BCUT2D eigenvalue weighted by Gasteiger charge is -2.28. The van der Waals surface area contributed by atoms with Gasteiger partial charge in [0.2, 0.25) is 5.91 Å². The number of aromatic nitrogens is 1. The maximum Gasteiger partial charge on any atom is 0.226 e. The van der Waals surface area contributed by atoms with Crippen LogP contribution in [0.15, 0.2) is 72.9 Å². The summed E-state index contributed by atoms with van der Waals surface area (Å²) in [7, 11) is 1.69. The summed E-state index contributed by atoms with van der Waals surface area (Å²) in [6, 6.07) is 22.6. The zero-order chi connectivity index (χ0) is 22.8. The first-order chi connectivity index (χ1) is 15.6. The van der Waals surface area contributed by atoms with Crippen LogP contribution in [0, 0.1) is 5.92 Å². The normalized spacial score (nSPS) is 11.8. The number of rotatable bonds is 12. The minimum atomic E-state index is 0.0838. The van der Waals surface area contributed by atoms with Crippen molar-refractivity contribution >= 4 is 5.91 Å². The Morgan fingerprint density at radius 1 is 0.969 bits per heavy atom. The Morgan fingerprint density at radius 3 is 2.47 bits per heavy atom. The van der Waals surface area contributed by atoms with Crippen LogP contribution in [0.1, 0.15) is 56.4 Å². The van der Waals surface area contributed by atoms with Crippen molar-refractivity contribution in [2.75, 3.05) is 7.11 Å². The monoisotopic (exact) mass is 432 g/mol. The minimum absolute atomic E-state index is 0.0838. The van der Waals surface area contributed by atoms with E-state index < -0.39 is 0 Å². The summed E-state index contributed by atoms with van der Waals surface area (Å²) in [6.07, 6.45) is 6.15. The molecule has 0 unspecified atom stereocenters. The lowest BCUT2D eigenvalue weighted by molar-refractivity contribution is -0.137. The molecule has 0 saturated heterocycles. The van der Waals surface area contributed by atoms with Crippen LogP contribution in [-0.4, -0.2) is 22.5 Å². The van der Waals surface area contributed by atoms with Crippen LogP contribution in [0.25, 0.3) is 0 Å². The standard InChI is InChI=1S/C28H36N2O2/c1-4-6-15-25(5-2)28(31)30(20-23-12-8-7-9-13-23)22-26-16-11-18-29(26)21-24-14-10-17-27(19-24)32-3/h7-14,16-19,25H,4-6,15,20-22H2,1-3H3/t25-/m0/s1. The van der Waals surface area contributed by atoms with Gasteiger partial charge in [-0.3, -0.25) is 4.79 Å².